The van der Waals surface area contributed by atoms with Crippen LogP contribution < -0.4 is 119 Å². The SMILES string of the molecule is CC(=O)N[C@@H](CCCNC(=N)N)C(=O)N[C@@H](CCCNC(=N)N)C(=O)N[C@@H](CCCCN)C(=O)N[C@@H](Cc1c[nH]cn1)C(=O)N[C@@H](Cc1c[nH]cn1)C(=O)N[C@@H](Cc1c[nH]cn1)C(=O)N[C@@H](Cc1c[nH]cn1)C(=O)N[C@@H](Cc1c[nH]cn1)C(=O)N[C@@H](Cc1c[nH]cn1)C(=O)N[C@@H](Cc1c[nH]cn1)C(=O)N[C@@H](CCCNC(=N)N)C(=O)N[C@@H](CCCNC(=N)N)C(N)=O. The van der Waals surface area contributed by atoms with Gasteiger partial charge < -0.3 is 154 Å². The number of rotatable bonds is 58. The van der Waals surface area contributed by atoms with Gasteiger partial charge in [-0.2, -0.15) is 0 Å². The van der Waals surface area contributed by atoms with E-state index in [1.807, 2.05) is 0 Å². The summed E-state index contributed by atoms with van der Waals surface area (Å²) < 4.78 is 0. The van der Waals surface area contributed by atoms with E-state index in [0.29, 0.717) is 6.42 Å². The van der Waals surface area contributed by atoms with Crippen molar-refractivity contribution >= 4 is 101 Å². The van der Waals surface area contributed by atoms with Crippen molar-refractivity contribution in [1.29, 1.82) is 21.6 Å². The van der Waals surface area contributed by atoms with Crippen LogP contribution in [0.15, 0.2) is 87.7 Å². The standard InChI is InChI=1S/C74H114N40O13/c1-39(115)103-48(10-5-15-93-72(79)80)60(117)106-51(12-7-17-95-74(83)84)62(119)105-49(8-2-3-13-75)63(120)108-53(19-41-26-86-33-97-41)65(122)110-55(21-43-28-88-35-99-43)67(124)112-57(23-45-30-90-37-101-45)69(126)114-58(24-46-31-91-38-102-46)70(127)113-56(22-44-29-89-36-100-44)68(125)111-54(20-42-27-87-34-98-42)66(123)109-52(18-40-25-85-32-96-40)64(121)107-50(11-6-16-94-73(81)82)61(118)104-47(59(76)116)9-4-14-92-71(77)78/h25-38,47-58H,2-24,75H2,1H3,(H2,76,116)(H,85,96)(H,86,97)(H,87,98)(H,88,99)(H,89,100)(H,90,101)(H,91,102)(H,103,115)(H,104,118)(H,105,119)(H,106,117)(H,107,121)(H,108,120)(H,109,123)(H,110,122)(H,111,125)(H,112,124)(H,113,127)(H,114,126)(H4,77,78,92)(H4,79,80,93)(H4,81,82,94)(H4,83,84,95)/t47-,48-,49-,50-,51-,52-,53-,54-,55-,56-,57-,58-/m0/s1. The van der Waals surface area contributed by atoms with Crippen LogP contribution in [0.1, 0.15) is 117 Å². The van der Waals surface area contributed by atoms with E-state index in [1.54, 1.807) is 0 Å². The highest BCUT2D eigenvalue weighted by Gasteiger charge is 2.39. The van der Waals surface area contributed by atoms with E-state index in [0.717, 1.165) is 0 Å². The van der Waals surface area contributed by atoms with Gasteiger partial charge in [0, 0.05) is 121 Å². The van der Waals surface area contributed by atoms with Gasteiger partial charge in [-0.05, 0) is 77.2 Å². The molecule has 0 unspecified atom stereocenters. The summed E-state index contributed by atoms with van der Waals surface area (Å²) in [5.41, 5.74) is 35.0. The number of guanidine groups is 4. The molecular formula is C74H114N40O13. The number of aromatic nitrogens is 14. The lowest BCUT2D eigenvalue weighted by molar-refractivity contribution is -0.136. The molecule has 0 aliphatic rings. The zero-order valence-corrected chi connectivity index (χ0v) is 69.7. The monoisotopic (exact) mass is 1770 g/mol. The Bertz CT molecular complexity index is 4660. The molecule has 0 radical (unpaired) electrons. The van der Waals surface area contributed by atoms with E-state index in [4.69, 9.17) is 56.0 Å². The number of amides is 13. The Morgan fingerprint density at radius 2 is 0.441 bits per heavy atom. The van der Waals surface area contributed by atoms with E-state index in [2.05, 4.69) is 155 Å². The Kier molecular flexibility index (Phi) is 40.6. The number of H-pyrrole nitrogens is 7. The highest BCUT2D eigenvalue weighted by Crippen LogP contribution is 2.15. The van der Waals surface area contributed by atoms with Gasteiger partial charge in [-0.1, -0.05) is 0 Å². The molecule has 7 aromatic rings. The first kappa shape index (κ1) is 98.7. The summed E-state index contributed by atoms with van der Waals surface area (Å²) in [5.74, 6) is -13.3. The Balaban J connectivity index is 1.15. The molecule has 39 N–H and O–H groups in total. The van der Waals surface area contributed by atoms with E-state index in [9.17, 15) is 33.6 Å². The molecule has 0 aliphatic carbocycles. The van der Waals surface area contributed by atoms with Gasteiger partial charge >= 0.3 is 0 Å². The number of nitrogens with zero attached hydrogens (tertiary/aromatic N) is 7. The van der Waals surface area contributed by atoms with Gasteiger partial charge in [0.2, 0.25) is 76.8 Å². The largest absolute Gasteiger partial charge is 0.370 e. The number of unbranched alkanes of at least 4 members (excludes halogenated alkanes) is 1. The lowest BCUT2D eigenvalue weighted by Crippen LogP contribution is -2.62. The third kappa shape index (κ3) is 35.9. The second-order valence-corrected chi connectivity index (χ2v) is 29.4. The average Bonchev–Trinajstić information content (AvgIpc) is 1.71. The number of hydrogen-bond acceptors (Lipinski definition) is 25. The molecule has 688 valence electrons. The van der Waals surface area contributed by atoms with Crippen LogP contribution in [0.2, 0.25) is 0 Å². The molecule has 0 saturated carbocycles. The third-order valence-electron chi connectivity index (χ3n) is 19.3. The number of aromatic amines is 7. The second kappa shape index (κ2) is 52.2. The van der Waals surface area contributed by atoms with Crippen LogP contribution in [-0.4, -0.2) is 276 Å². The number of imidazole rings is 7. The van der Waals surface area contributed by atoms with Crippen LogP contribution in [-0.2, 0) is 107 Å². The summed E-state index contributed by atoms with van der Waals surface area (Å²) in [6, 6.07) is -18.1. The van der Waals surface area contributed by atoms with Gasteiger partial charge in [-0.15, -0.1) is 0 Å². The van der Waals surface area contributed by atoms with Crippen LogP contribution >= 0.6 is 0 Å². The van der Waals surface area contributed by atoms with Crippen molar-refractivity contribution in [3.05, 3.63) is 128 Å². The van der Waals surface area contributed by atoms with Gasteiger partial charge in [0.1, 0.15) is 72.5 Å². The fourth-order valence-corrected chi connectivity index (χ4v) is 13.0. The number of nitrogens with one attached hydrogen (secondary N) is 27. The van der Waals surface area contributed by atoms with Crippen LogP contribution in [0.5, 0.6) is 0 Å². The Morgan fingerprint density at radius 1 is 0.268 bits per heavy atom. The molecule has 53 heteroatoms. The number of primary amides is 1. The Morgan fingerprint density at radius 3 is 0.614 bits per heavy atom. The van der Waals surface area contributed by atoms with Gasteiger partial charge in [0.05, 0.1) is 84.1 Å². The first-order valence-electron chi connectivity index (χ1n) is 40.7. The number of nitrogens with two attached hydrogens (primary N) is 6. The van der Waals surface area contributed by atoms with Crippen molar-refractivity contribution in [3.63, 3.8) is 0 Å². The van der Waals surface area contributed by atoms with E-state index >= 15 is 28.8 Å². The summed E-state index contributed by atoms with van der Waals surface area (Å²) >= 11 is 0. The molecule has 0 spiro atoms. The Labute approximate surface area is 726 Å². The number of carbonyl (C=O) groups excluding carboxylic acids is 13. The number of carbonyl (C=O) groups is 13. The van der Waals surface area contributed by atoms with Crippen LogP contribution in [0.25, 0.3) is 0 Å². The molecule has 0 aliphatic heterocycles. The van der Waals surface area contributed by atoms with Gasteiger partial charge in [0.15, 0.2) is 23.8 Å². The summed E-state index contributed by atoms with van der Waals surface area (Å²) in [7, 11) is 0. The van der Waals surface area contributed by atoms with Crippen molar-refractivity contribution in [2.75, 3.05) is 32.7 Å². The predicted molar refractivity (Wildman–Crippen MR) is 454 cm³/mol. The second-order valence-electron chi connectivity index (χ2n) is 29.4. The molecule has 0 saturated heterocycles. The van der Waals surface area contributed by atoms with E-state index < -0.39 is 149 Å². The maximum Gasteiger partial charge on any atom is 0.243 e. The van der Waals surface area contributed by atoms with E-state index in [1.165, 1.54) is 94.6 Å². The van der Waals surface area contributed by atoms with Crippen molar-refractivity contribution in [1.82, 2.24) is 155 Å². The molecule has 0 aromatic carbocycles. The van der Waals surface area contributed by atoms with Crippen LogP contribution in [0, 0.1) is 21.6 Å². The van der Waals surface area contributed by atoms with Gasteiger partial charge in [-0.3, -0.25) is 84.0 Å². The minimum Gasteiger partial charge on any atom is -0.370 e. The normalized spacial score (nSPS) is 13.8. The average molecular weight is 1770 g/mol. The lowest BCUT2D eigenvalue weighted by atomic mass is 10.0. The first-order valence-corrected chi connectivity index (χ1v) is 40.7. The lowest BCUT2D eigenvalue weighted by Gasteiger charge is -2.28. The van der Waals surface area contributed by atoms with Gasteiger partial charge in [-0.25, -0.2) is 34.9 Å². The molecule has 13 amide bonds. The molecule has 127 heavy (non-hydrogen) atoms. The van der Waals surface area contributed by atoms with Crippen molar-refractivity contribution in [2.45, 2.75) is 195 Å². The maximum absolute atomic E-state index is 15.3. The molecule has 0 fully saturated rings. The zero-order valence-electron chi connectivity index (χ0n) is 69.7. The fourth-order valence-electron chi connectivity index (χ4n) is 13.0. The summed E-state index contributed by atoms with van der Waals surface area (Å²) in [5, 5.41) is 72.7. The number of hydrogen-bond donors (Lipinski definition) is 33. The summed E-state index contributed by atoms with van der Waals surface area (Å²) in [6.07, 6.45) is 17.9. The minimum absolute atomic E-state index is 0.00213. The quantitative estimate of drug-likeness (QED) is 0.00956. The highest BCUT2D eigenvalue weighted by atomic mass is 16.2. The van der Waals surface area contributed by atoms with Crippen LogP contribution in [0.4, 0.5) is 0 Å². The Hall–Kier alpha value is -15.4. The molecule has 7 heterocycles. The van der Waals surface area contributed by atoms with Gasteiger partial charge in [0.25, 0.3) is 0 Å². The predicted octanol–water partition coefficient (Wildman–Crippen LogP) is -9.75. The zero-order chi connectivity index (χ0) is 92.2. The molecular weight excluding hydrogens is 1660 g/mol. The first-order chi connectivity index (χ1) is 60.9. The highest BCUT2D eigenvalue weighted by molar-refractivity contribution is 6.00. The van der Waals surface area contributed by atoms with Crippen molar-refractivity contribution in [2.24, 2.45) is 34.4 Å². The van der Waals surface area contributed by atoms with Crippen LogP contribution in [0.3, 0.4) is 0 Å². The molecule has 0 bridgehead atoms. The molecule has 12 atom stereocenters. The van der Waals surface area contributed by atoms with E-state index in [-0.39, 0.29) is 206 Å². The molecule has 7 rings (SSSR count). The maximum atomic E-state index is 15.3. The summed E-state index contributed by atoms with van der Waals surface area (Å²) in [4.78, 5) is 238. The van der Waals surface area contributed by atoms with Crippen molar-refractivity contribution in [3.8, 4) is 0 Å². The smallest absolute Gasteiger partial charge is 0.243 e. The topological polar surface area (TPSA) is 867 Å². The third-order valence-corrected chi connectivity index (χ3v) is 19.3. The molecule has 7 aromatic heterocycles. The summed E-state index contributed by atoms with van der Waals surface area (Å²) in [6.45, 7) is 1.85. The van der Waals surface area contributed by atoms with Crippen molar-refractivity contribution < 1.29 is 62.3 Å². The fraction of sp³-hybridized carbons (Fsp3) is 0.486. The molecule has 53 nitrogen and oxygen atoms in total. The minimum atomic E-state index is -1.67.